The van der Waals surface area contributed by atoms with E-state index in [1.807, 2.05) is 18.2 Å². The van der Waals surface area contributed by atoms with Gasteiger partial charge in [-0.1, -0.05) is 26.0 Å². The number of hydrogen-bond acceptors (Lipinski definition) is 4. The first kappa shape index (κ1) is 21.5. The van der Waals surface area contributed by atoms with Crippen LogP contribution < -0.4 is 15.4 Å². The highest BCUT2D eigenvalue weighted by atomic mass is 16.5. The molecule has 0 spiro atoms. The molecule has 152 valence electrons. The second-order valence-corrected chi connectivity index (χ2v) is 7.27. The van der Waals surface area contributed by atoms with E-state index in [-0.39, 0.29) is 0 Å². The zero-order valence-corrected chi connectivity index (χ0v) is 17.5. The summed E-state index contributed by atoms with van der Waals surface area (Å²) in [7, 11) is 1.69. The first-order valence-corrected chi connectivity index (χ1v) is 10.2. The summed E-state index contributed by atoms with van der Waals surface area (Å²) in [5.74, 6) is 2.33. The van der Waals surface area contributed by atoms with Crippen molar-refractivity contribution in [3.63, 3.8) is 0 Å². The van der Waals surface area contributed by atoms with Gasteiger partial charge in [-0.3, -0.25) is 0 Å². The third kappa shape index (κ3) is 7.77. The number of ether oxygens (including phenoxy) is 1. The quantitative estimate of drug-likeness (QED) is 0.511. The third-order valence-electron chi connectivity index (χ3n) is 5.00. The number of likely N-dealkylation sites (N-methyl/N-ethyl adjacent to an activating group) is 1. The standard InChI is InChI=1S/C21H37N5O/c1-5-22-21(24-16-19-8-7-9-20(14-19)27-4)23-15-18(3)17-26-12-10-25(6-2)11-13-26/h7-9,14,18H,5-6,10-13,15-17H2,1-4H3,(H2,22,23,24). The summed E-state index contributed by atoms with van der Waals surface area (Å²) in [6, 6.07) is 8.07. The van der Waals surface area contributed by atoms with Gasteiger partial charge in [0.1, 0.15) is 5.75 Å². The van der Waals surface area contributed by atoms with E-state index in [1.54, 1.807) is 7.11 Å². The van der Waals surface area contributed by atoms with Crippen molar-refractivity contribution in [1.82, 2.24) is 20.4 Å². The van der Waals surface area contributed by atoms with Crippen LogP contribution in [0.5, 0.6) is 5.75 Å². The van der Waals surface area contributed by atoms with Gasteiger partial charge in [-0.05, 0) is 37.1 Å². The number of rotatable bonds is 9. The minimum absolute atomic E-state index is 0.582. The second-order valence-electron chi connectivity index (χ2n) is 7.27. The number of aliphatic imine (C=N–C) groups is 1. The summed E-state index contributed by atoms with van der Waals surface area (Å²) >= 11 is 0. The molecule has 6 nitrogen and oxygen atoms in total. The summed E-state index contributed by atoms with van der Waals surface area (Å²) in [6.45, 7) is 16.1. The molecule has 0 bridgehead atoms. The molecule has 1 aromatic carbocycles. The minimum Gasteiger partial charge on any atom is -0.497 e. The van der Waals surface area contributed by atoms with Gasteiger partial charge in [-0.25, -0.2) is 4.99 Å². The Morgan fingerprint density at radius 1 is 1.15 bits per heavy atom. The normalized spacial score (nSPS) is 17.6. The highest BCUT2D eigenvalue weighted by Crippen LogP contribution is 2.13. The van der Waals surface area contributed by atoms with E-state index in [0.717, 1.165) is 36.9 Å². The molecule has 0 amide bonds. The molecule has 0 aliphatic carbocycles. The topological polar surface area (TPSA) is 52.1 Å². The molecular weight excluding hydrogens is 338 g/mol. The molecule has 2 rings (SSSR count). The van der Waals surface area contributed by atoms with Crippen molar-refractivity contribution in [2.75, 3.05) is 59.5 Å². The molecule has 0 radical (unpaired) electrons. The van der Waals surface area contributed by atoms with E-state index in [0.29, 0.717) is 12.5 Å². The molecule has 1 unspecified atom stereocenters. The van der Waals surface area contributed by atoms with Gasteiger partial charge in [0.15, 0.2) is 5.96 Å². The molecule has 1 fully saturated rings. The predicted molar refractivity (Wildman–Crippen MR) is 114 cm³/mol. The van der Waals surface area contributed by atoms with Crippen LogP contribution in [0.4, 0.5) is 0 Å². The van der Waals surface area contributed by atoms with Crippen molar-refractivity contribution in [2.45, 2.75) is 27.3 Å². The van der Waals surface area contributed by atoms with Gasteiger partial charge in [0.25, 0.3) is 0 Å². The Morgan fingerprint density at radius 3 is 2.56 bits per heavy atom. The molecule has 27 heavy (non-hydrogen) atoms. The van der Waals surface area contributed by atoms with Gasteiger partial charge in [-0.2, -0.15) is 0 Å². The number of benzene rings is 1. The SMILES string of the molecule is CCNC(=NCc1cccc(OC)c1)NCC(C)CN1CCN(CC)CC1. The molecule has 1 aromatic rings. The Bertz CT molecular complexity index is 569. The van der Waals surface area contributed by atoms with Gasteiger partial charge in [0.2, 0.25) is 0 Å². The Hall–Kier alpha value is -1.79. The van der Waals surface area contributed by atoms with Crippen LogP contribution in [-0.2, 0) is 6.54 Å². The first-order chi connectivity index (χ1) is 13.1. The largest absolute Gasteiger partial charge is 0.497 e. The monoisotopic (exact) mass is 375 g/mol. The molecule has 0 saturated carbocycles. The number of hydrogen-bond donors (Lipinski definition) is 2. The lowest BCUT2D eigenvalue weighted by atomic mass is 10.1. The van der Waals surface area contributed by atoms with Crippen LogP contribution in [0, 0.1) is 5.92 Å². The van der Waals surface area contributed by atoms with Crippen LogP contribution in [0.2, 0.25) is 0 Å². The van der Waals surface area contributed by atoms with Crippen LogP contribution in [0.25, 0.3) is 0 Å². The molecule has 0 aromatic heterocycles. The highest BCUT2D eigenvalue weighted by Gasteiger charge is 2.17. The molecule has 1 atom stereocenters. The van der Waals surface area contributed by atoms with Crippen LogP contribution in [0.1, 0.15) is 26.3 Å². The van der Waals surface area contributed by atoms with Crippen LogP contribution >= 0.6 is 0 Å². The van der Waals surface area contributed by atoms with Crippen molar-refractivity contribution < 1.29 is 4.74 Å². The Morgan fingerprint density at radius 2 is 1.89 bits per heavy atom. The Kier molecular flexibility index (Phi) is 9.42. The number of guanidine groups is 1. The first-order valence-electron chi connectivity index (χ1n) is 10.2. The van der Waals surface area contributed by atoms with Crippen LogP contribution in [-0.4, -0.2) is 75.2 Å². The van der Waals surface area contributed by atoms with Gasteiger partial charge in [0, 0.05) is 45.8 Å². The van der Waals surface area contributed by atoms with E-state index in [4.69, 9.17) is 9.73 Å². The van der Waals surface area contributed by atoms with Crippen molar-refractivity contribution in [3.8, 4) is 5.75 Å². The van der Waals surface area contributed by atoms with Crippen molar-refractivity contribution in [2.24, 2.45) is 10.9 Å². The molecule has 1 aliphatic rings. The average Bonchev–Trinajstić information content (AvgIpc) is 2.70. The van der Waals surface area contributed by atoms with Gasteiger partial charge in [0.05, 0.1) is 13.7 Å². The Balaban J connectivity index is 1.79. The fourth-order valence-corrected chi connectivity index (χ4v) is 3.35. The zero-order valence-electron chi connectivity index (χ0n) is 17.5. The van der Waals surface area contributed by atoms with Gasteiger partial charge in [-0.15, -0.1) is 0 Å². The third-order valence-corrected chi connectivity index (χ3v) is 5.00. The molecule has 1 heterocycles. The van der Waals surface area contributed by atoms with E-state index < -0.39 is 0 Å². The molecule has 1 aliphatic heterocycles. The molecule has 1 saturated heterocycles. The van der Waals surface area contributed by atoms with Gasteiger partial charge < -0.3 is 25.2 Å². The highest BCUT2D eigenvalue weighted by molar-refractivity contribution is 5.79. The lowest BCUT2D eigenvalue weighted by Crippen LogP contribution is -2.48. The Labute approximate surface area is 165 Å². The molecular formula is C21H37N5O. The second kappa shape index (κ2) is 11.8. The lowest BCUT2D eigenvalue weighted by Gasteiger charge is -2.35. The maximum atomic E-state index is 5.29. The number of nitrogens with one attached hydrogen (secondary N) is 2. The summed E-state index contributed by atoms with van der Waals surface area (Å²) < 4.78 is 5.29. The van der Waals surface area contributed by atoms with Gasteiger partial charge >= 0.3 is 0 Å². The summed E-state index contributed by atoms with van der Waals surface area (Å²) in [4.78, 5) is 9.82. The summed E-state index contributed by atoms with van der Waals surface area (Å²) in [5, 5.41) is 6.84. The van der Waals surface area contributed by atoms with Crippen LogP contribution in [0.3, 0.4) is 0 Å². The smallest absolute Gasteiger partial charge is 0.191 e. The van der Waals surface area contributed by atoms with Crippen molar-refractivity contribution >= 4 is 5.96 Å². The molecule has 2 N–H and O–H groups in total. The minimum atomic E-state index is 0.582. The summed E-state index contributed by atoms with van der Waals surface area (Å²) in [6.07, 6.45) is 0. The fraction of sp³-hybridized carbons (Fsp3) is 0.667. The predicted octanol–water partition coefficient (Wildman–Crippen LogP) is 2.02. The zero-order chi connectivity index (χ0) is 19.5. The fourth-order valence-electron chi connectivity index (χ4n) is 3.35. The number of nitrogens with zero attached hydrogens (tertiary/aromatic N) is 3. The van der Waals surface area contributed by atoms with Crippen LogP contribution in [0.15, 0.2) is 29.3 Å². The van der Waals surface area contributed by atoms with E-state index in [1.165, 1.54) is 32.7 Å². The maximum absolute atomic E-state index is 5.29. The van der Waals surface area contributed by atoms with E-state index in [2.05, 4.69) is 47.3 Å². The summed E-state index contributed by atoms with van der Waals surface area (Å²) in [5.41, 5.74) is 1.15. The maximum Gasteiger partial charge on any atom is 0.191 e. The van der Waals surface area contributed by atoms with Crippen molar-refractivity contribution in [1.29, 1.82) is 0 Å². The van der Waals surface area contributed by atoms with E-state index >= 15 is 0 Å². The molecule has 6 heteroatoms. The van der Waals surface area contributed by atoms with Crippen molar-refractivity contribution in [3.05, 3.63) is 29.8 Å². The van der Waals surface area contributed by atoms with E-state index in [9.17, 15) is 0 Å². The lowest BCUT2D eigenvalue weighted by molar-refractivity contribution is 0.124. The number of methoxy groups -OCH3 is 1. The number of piperazine rings is 1. The average molecular weight is 376 g/mol.